The van der Waals surface area contributed by atoms with Crippen LogP contribution < -0.4 is 4.90 Å². The minimum absolute atomic E-state index is 0.161. The molecule has 1 aliphatic rings. The van der Waals surface area contributed by atoms with Gasteiger partial charge in [0.1, 0.15) is 12.4 Å². The third-order valence-electron chi connectivity index (χ3n) is 3.77. The van der Waals surface area contributed by atoms with Crippen molar-refractivity contribution in [3.63, 3.8) is 0 Å². The highest BCUT2D eigenvalue weighted by Gasteiger charge is 2.26. The predicted molar refractivity (Wildman–Crippen MR) is 94.3 cm³/mol. The second kappa shape index (κ2) is 6.61. The monoisotopic (exact) mass is 319 g/mol. The van der Waals surface area contributed by atoms with Crippen molar-refractivity contribution in [3.05, 3.63) is 64.7 Å². The number of nitrogens with zero attached hydrogens (tertiary/aromatic N) is 1. The van der Waals surface area contributed by atoms with Crippen LogP contribution >= 0.6 is 0 Å². The number of aliphatic hydroxyl groups is 1. The van der Waals surface area contributed by atoms with Crippen LogP contribution in [0.3, 0.4) is 0 Å². The van der Waals surface area contributed by atoms with Crippen molar-refractivity contribution in [2.75, 3.05) is 18.6 Å². The maximum Gasteiger partial charge on any atom is 0.419 e. The Bertz CT molecular complexity index is 870. The number of carbonyl (C=O) groups is 1. The molecule has 0 aromatic heterocycles. The van der Waals surface area contributed by atoms with Crippen molar-refractivity contribution >= 4 is 23.6 Å². The quantitative estimate of drug-likeness (QED) is 0.819. The van der Waals surface area contributed by atoms with Crippen LogP contribution in [-0.4, -0.2) is 24.9 Å². The molecule has 0 atom stereocenters. The number of carbonyl (C=O) groups excluding carboxylic acids is 1. The van der Waals surface area contributed by atoms with E-state index in [0.29, 0.717) is 5.76 Å². The Morgan fingerprint density at radius 2 is 1.96 bits per heavy atom. The summed E-state index contributed by atoms with van der Waals surface area (Å²) < 4.78 is 5.47. The Morgan fingerprint density at radius 1 is 1.21 bits per heavy atom. The highest BCUT2D eigenvalue weighted by molar-refractivity contribution is 6.01. The Balaban J connectivity index is 2.00. The van der Waals surface area contributed by atoms with Crippen LogP contribution in [0.15, 0.2) is 42.5 Å². The Morgan fingerprint density at radius 3 is 2.67 bits per heavy atom. The molecule has 1 amide bonds. The molecule has 0 saturated carbocycles. The number of anilines is 1. The maximum atomic E-state index is 12.0. The first-order valence-electron chi connectivity index (χ1n) is 7.56. The first kappa shape index (κ1) is 15.9. The zero-order valence-electron chi connectivity index (χ0n) is 13.5. The third kappa shape index (κ3) is 3.17. The lowest BCUT2D eigenvalue weighted by atomic mass is 10.0. The van der Waals surface area contributed by atoms with Crippen molar-refractivity contribution in [2.45, 2.75) is 6.92 Å². The molecule has 0 saturated heterocycles. The van der Waals surface area contributed by atoms with Gasteiger partial charge < -0.3 is 9.84 Å². The molecule has 120 valence electrons. The first-order chi connectivity index (χ1) is 11.6. The summed E-state index contributed by atoms with van der Waals surface area (Å²) in [4.78, 5) is 13.5. The summed E-state index contributed by atoms with van der Waals surface area (Å²) in [5, 5.41) is 8.72. The molecule has 1 heterocycles. The standard InChI is InChI=1S/C20H17NO3/c1-14-5-10-18-17(12-14)19(24-20(23)21(18)2)13-16-8-6-15(7-9-16)4-3-11-22/h5-10,12-13,22H,11H2,1-2H3/b19-13-. The van der Waals surface area contributed by atoms with E-state index in [0.717, 1.165) is 27.9 Å². The van der Waals surface area contributed by atoms with Gasteiger partial charge in [-0.1, -0.05) is 35.6 Å². The summed E-state index contributed by atoms with van der Waals surface area (Å²) in [6, 6.07) is 13.4. The van der Waals surface area contributed by atoms with Gasteiger partial charge >= 0.3 is 6.09 Å². The summed E-state index contributed by atoms with van der Waals surface area (Å²) in [6.45, 7) is 1.84. The summed E-state index contributed by atoms with van der Waals surface area (Å²) in [5.74, 6) is 5.99. The number of fused-ring (bicyclic) bond motifs is 1. The molecular formula is C20H17NO3. The normalized spacial score (nSPS) is 14.7. The van der Waals surface area contributed by atoms with Crippen molar-refractivity contribution in [1.29, 1.82) is 0 Å². The minimum Gasteiger partial charge on any atom is -0.409 e. The molecule has 1 N–H and O–H groups in total. The molecule has 0 bridgehead atoms. The van der Waals surface area contributed by atoms with Gasteiger partial charge in [0.25, 0.3) is 0 Å². The van der Waals surface area contributed by atoms with E-state index >= 15 is 0 Å². The minimum atomic E-state index is -0.400. The van der Waals surface area contributed by atoms with Crippen LogP contribution in [0.4, 0.5) is 10.5 Å². The molecule has 4 nitrogen and oxygen atoms in total. The fourth-order valence-corrected chi connectivity index (χ4v) is 2.52. The largest absolute Gasteiger partial charge is 0.419 e. The van der Waals surface area contributed by atoms with Gasteiger partial charge in [0, 0.05) is 18.2 Å². The van der Waals surface area contributed by atoms with E-state index in [1.54, 1.807) is 7.05 Å². The molecule has 0 fully saturated rings. The van der Waals surface area contributed by atoms with E-state index in [4.69, 9.17) is 9.84 Å². The summed E-state index contributed by atoms with van der Waals surface area (Å²) >= 11 is 0. The van der Waals surface area contributed by atoms with Crippen molar-refractivity contribution in [3.8, 4) is 11.8 Å². The lowest BCUT2D eigenvalue weighted by Gasteiger charge is -2.27. The van der Waals surface area contributed by atoms with E-state index in [-0.39, 0.29) is 6.61 Å². The Hall–Kier alpha value is -3.03. The average Bonchev–Trinajstić information content (AvgIpc) is 2.59. The van der Waals surface area contributed by atoms with Crippen LogP contribution in [0.1, 0.15) is 22.3 Å². The van der Waals surface area contributed by atoms with Crippen LogP contribution in [-0.2, 0) is 4.74 Å². The SMILES string of the molecule is Cc1ccc2c(c1)/C(=C/c1ccc(C#CCO)cc1)OC(=O)N2C. The first-order valence-corrected chi connectivity index (χ1v) is 7.56. The average molecular weight is 319 g/mol. The lowest BCUT2D eigenvalue weighted by molar-refractivity contribution is 0.199. The molecule has 0 aliphatic carbocycles. The molecule has 1 aliphatic heterocycles. The molecule has 2 aromatic rings. The second-order valence-electron chi connectivity index (χ2n) is 5.54. The number of hydrogen-bond acceptors (Lipinski definition) is 3. The van der Waals surface area contributed by atoms with E-state index in [9.17, 15) is 4.79 Å². The van der Waals surface area contributed by atoms with Gasteiger partial charge in [-0.2, -0.15) is 0 Å². The topological polar surface area (TPSA) is 49.8 Å². The van der Waals surface area contributed by atoms with Gasteiger partial charge in [0.2, 0.25) is 0 Å². The predicted octanol–water partition coefficient (Wildman–Crippen LogP) is 3.42. The summed E-state index contributed by atoms with van der Waals surface area (Å²) in [7, 11) is 1.70. The zero-order valence-corrected chi connectivity index (χ0v) is 13.5. The number of rotatable bonds is 1. The highest BCUT2D eigenvalue weighted by atomic mass is 16.6. The summed E-state index contributed by atoms with van der Waals surface area (Å²) in [5.41, 5.74) is 4.54. The van der Waals surface area contributed by atoms with E-state index in [1.807, 2.05) is 55.5 Å². The van der Waals surface area contributed by atoms with Gasteiger partial charge in [-0.25, -0.2) is 4.79 Å². The highest BCUT2D eigenvalue weighted by Crippen LogP contribution is 2.35. The fraction of sp³-hybridized carbons (Fsp3) is 0.150. The molecule has 0 unspecified atom stereocenters. The molecule has 2 aromatic carbocycles. The maximum absolute atomic E-state index is 12.0. The number of ether oxygens (including phenoxy) is 1. The number of amides is 1. The zero-order chi connectivity index (χ0) is 17.1. The van der Waals surface area contributed by atoms with Gasteiger partial charge in [-0.15, -0.1) is 0 Å². The number of hydrogen-bond donors (Lipinski definition) is 1. The van der Waals surface area contributed by atoms with E-state index in [1.165, 1.54) is 4.90 Å². The van der Waals surface area contributed by atoms with E-state index in [2.05, 4.69) is 11.8 Å². The molecule has 3 rings (SSSR count). The van der Waals surface area contributed by atoms with Gasteiger partial charge in [-0.3, -0.25) is 4.90 Å². The molecule has 0 radical (unpaired) electrons. The third-order valence-corrected chi connectivity index (χ3v) is 3.77. The molecule has 4 heteroatoms. The number of cyclic esters (lactones) is 1. The number of benzene rings is 2. The van der Waals surface area contributed by atoms with Gasteiger partial charge in [0.05, 0.1) is 5.69 Å². The summed E-state index contributed by atoms with van der Waals surface area (Å²) in [6.07, 6.45) is 1.44. The van der Waals surface area contributed by atoms with Crippen molar-refractivity contribution in [2.24, 2.45) is 0 Å². The van der Waals surface area contributed by atoms with E-state index < -0.39 is 6.09 Å². The Labute approximate surface area is 141 Å². The van der Waals surface area contributed by atoms with Gasteiger partial charge in [0.15, 0.2) is 0 Å². The second-order valence-corrected chi connectivity index (χ2v) is 5.54. The number of aliphatic hydroxyl groups excluding tert-OH is 1. The molecule has 0 spiro atoms. The van der Waals surface area contributed by atoms with Crippen LogP contribution in [0.25, 0.3) is 11.8 Å². The smallest absolute Gasteiger partial charge is 0.409 e. The van der Waals surface area contributed by atoms with Crippen molar-refractivity contribution in [1.82, 2.24) is 0 Å². The van der Waals surface area contributed by atoms with Crippen LogP contribution in [0, 0.1) is 18.8 Å². The van der Waals surface area contributed by atoms with Crippen LogP contribution in [0.2, 0.25) is 0 Å². The van der Waals surface area contributed by atoms with Crippen molar-refractivity contribution < 1.29 is 14.6 Å². The molecule has 24 heavy (non-hydrogen) atoms. The number of aryl methyl sites for hydroxylation is 1. The Kier molecular flexibility index (Phi) is 4.37. The lowest BCUT2D eigenvalue weighted by Crippen LogP contribution is -2.31. The van der Waals surface area contributed by atoms with Crippen LogP contribution in [0.5, 0.6) is 0 Å². The molecular weight excluding hydrogens is 302 g/mol. The van der Waals surface area contributed by atoms with Gasteiger partial charge in [-0.05, 0) is 42.8 Å². The fourth-order valence-electron chi connectivity index (χ4n) is 2.52.